The first kappa shape index (κ1) is 18.1. The maximum Gasteiger partial charge on any atom is 0.339 e. The standard InChI is InChI=1S/C18H17N3O3S2/c1-24-17(23)11-5-2-3-6-12(11)20-15(22)9-8-14-16(21-18(19)26-14)13-7-4-10-25-13/h2-7,10H,8-9H2,1H3,(H2,19,21)(H,20,22). The number of para-hydroxylation sites is 1. The van der Waals surface area contributed by atoms with E-state index in [1.165, 1.54) is 18.4 Å². The van der Waals surface area contributed by atoms with Gasteiger partial charge in [-0.25, -0.2) is 9.78 Å². The third kappa shape index (κ3) is 4.09. The summed E-state index contributed by atoms with van der Waals surface area (Å²) >= 11 is 2.98. The van der Waals surface area contributed by atoms with Gasteiger partial charge in [0.2, 0.25) is 5.91 Å². The number of nitrogens with one attached hydrogen (secondary N) is 1. The van der Waals surface area contributed by atoms with Crippen LogP contribution in [0, 0.1) is 0 Å². The fraction of sp³-hybridized carbons (Fsp3) is 0.167. The monoisotopic (exact) mass is 387 g/mol. The van der Waals surface area contributed by atoms with Crippen LogP contribution in [0.3, 0.4) is 0 Å². The first-order chi connectivity index (χ1) is 12.6. The number of rotatable bonds is 6. The normalized spacial score (nSPS) is 10.5. The van der Waals surface area contributed by atoms with Crippen LogP contribution < -0.4 is 11.1 Å². The molecule has 0 fully saturated rings. The number of methoxy groups -OCH3 is 1. The van der Waals surface area contributed by atoms with Crippen LogP contribution in [0.25, 0.3) is 10.6 Å². The maximum atomic E-state index is 12.3. The summed E-state index contributed by atoms with van der Waals surface area (Å²) in [6.07, 6.45) is 0.782. The predicted octanol–water partition coefficient (Wildman–Crippen LogP) is 3.81. The Morgan fingerprint density at radius 3 is 2.77 bits per heavy atom. The number of ether oxygens (including phenoxy) is 1. The van der Waals surface area contributed by atoms with Gasteiger partial charge in [0.05, 0.1) is 28.9 Å². The number of hydrogen-bond acceptors (Lipinski definition) is 7. The number of thiazole rings is 1. The Bertz CT molecular complexity index is 920. The highest BCUT2D eigenvalue weighted by Crippen LogP contribution is 2.33. The van der Waals surface area contributed by atoms with Crippen LogP contribution in [0.1, 0.15) is 21.7 Å². The number of hydrogen-bond donors (Lipinski definition) is 2. The summed E-state index contributed by atoms with van der Waals surface area (Å²) in [7, 11) is 1.31. The van der Waals surface area contributed by atoms with Gasteiger partial charge in [-0.15, -0.1) is 22.7 Å². The van der Waals surface area contributed by atoms with Crippen molar-refractivity contribution in [2.75, 3.05) is 18.2 Å². The topological polar surface area (TPSA) is 94.3 Å². The first-order valence-corrected chi connectivity index (χ1v) is 9.54. The Hall–Kier alpha value is -2.71. The molecule has 2 heterocycles. The van der Waals surface area contributed by atoms with E-state index >= 15 is 0 Å². The fourth-order valence-corrected chi connectivity index (χ4v) is 4.12. The zero-order chi connectivity index (χ0) is 18.5. The van der Waals surface area contributed by atoms with E-state index in [1.54, 1.807) is 35.6 Å². The molecule has 3 rings (SSSR count). The van der Waals surface area contributed by atoms with Gasteiger partial charge in [-0.2, -0.15) is 0 Å². The van der Waals surface area contributed by atoms with Crippen molar-refractivity contribution >= 4 is 45.4 Å². The fourth-order valence-electron chi connectivity index (χ4n) is 2.47. The summed E-state index contributed by atoms with van der Waals surface area (Å²) in [5.41, 5.74) is 7.44. The zero-order valence-electron chi connectivity index (χ0n) is 14.0. The first-order valence-electron chi connectivity index (χ1n) is 7.84. The molecule has 134 valence electrons. The molecule has 0 aliphatic carbocycles. The smallest absolute Gasteiger partial charge is 0.339 e. The van der Waals surface area contributed by atoms with Crippen molar-refractivity contribution in [2.45, 2.75) is 12.8 Å². The van der Waals surface area contributed by atoms with Gasteiger partial charge in [0.15, 0.2) is 5.13 Å². The van der Waals surface area contributed by atoms with E-state index in [0.29, 0.717) is 22.8 Å². The quantitative estimate of drug-likeness (QED) is 0.627. The summed E-state index contributed by atoms with van der Waals surface area (Å²) in [6, 6.07) is 10.7. The van der Waals surface area contributed by atoms with Crippen molar-refractivity contribution in [1.29, 1.82) is 0 Å². The number of benzene rings is 1. The number of anilines is 2. The summed E-state index contributed by atoms with van der Waals surface area (Å²) in [5, 5.41) is 5.24. The van der Waals surface area contributed by atoms with Crippen molar-refractivity contribution in [3.8, 4) is 10.6 Å². The van der Waals surface area contributed by atoms with Crippen molar-refractivity contribution in [2.24, 2.45) is 0 Å². The second-order valence-corrected chi connectivity index (χ2v) is 7.45. The van der Waals surface area contributed by atoms with E-state index in [4.69, 9.17) is 10.5 Å². The van der Waals surface area contributed by atoms with Crippen LogP contribution >= 0.6 is 22.7 Å². The van der Waals surface area contributed by atoms with Gasteiger partial charge in [-0.1, -0.05) is 18.2 Å². The molecule has 0 aliphatic rings. The third-order valence-corrected chi connectivity index (χ3v) is 5.47. The highest BCUT2D eigenvalue weighted by Gasteiger charge is 2.16. The molecule has 0 bridgehead atoms. The lowest BCUT2D eigenvalue weighted by Gasteiger charge is -2.09. The SMILES string of the molecule is COC(=O)c1ccccc1NC(=O)CCc1sc(N)nc1-c1cccs1. The number of aryl methyl sites for hydroxylation is 1. The second kappa shape index (κ2) is 8.11. The molecule has 3 aromatic rings. The van der Waals surface area contributed by atoms with E-state index in [0.717, 1.165) is 15.4 Å². The van der Waals surface area contributed by atoms with Gasteiger partial charge in [-0.3, -0.25) is 4.79 Å². The molecule has 1 amide bonds. The minimum absolute atomic E-state index is 0.189. The highest BCUT2D eigenvalue weighted by molar-refractivity contribution is 7.17. The van der Waals surface area contributed by atoms with E-state index in [1.807, 2.05) is 17.5 Å². The average Bonchev–Trinajstić information content (AvgIpc) is 3.29. The zero-order valence-corrected chi connectivity index (χ0v) is 15.7. The molecule has 1 aromatic carbocycles. The largest absolute Gasteiger partial charge is 0.465 e. The summed E-state index contributed by atoms with van der Waals surface area (Å²) in [5.74, 6) is -0.679. The van der Waals surface area contributed by atoms with E-state index in [2.05, 4.69) is 10.3 Å². The van der Waals surface area contributed by atoms with Gasteiger partial charge in [0.1, 0.15) is 0 Å². The van der Waals surface area contributed by atoms with Crippen LogP contribution in [0.4, 0.5) is 10.8 Å². The van der Waals surface area contributed by atoms with Crippen LogP contribution in [0.2, 0.25) is 0 Å². The molecule has 0 unspecified atom stereocenters. The molecule has 0 radical (unpaired) electrons. The molecule has 0 atom stereocenters. The number of nitrogens with two attached hydrogens (primary N) is 1. The number of nitrogen functional groups attached to an aromatic ring is 1. The van der Waals surface area contributed by atoms with Crippen LogP contribution in [0.5, 0.6) is 0 Å². The summed E-state index contributed by atoms with van der Waals surface area (Å²) in [6.45, 7) is 0. The number of esters is 1. The summed E-state index contributed by atoms with van der Waals surface area (Å²) < 4.78 is 4.74. The van der Waals surface area contributed by atoms with E-state index < -0.39 is 5.97 Å². The van der Waals surface area contributed by atoms with Crippen molar-refractivity contribution in [1.82, 2.24) is 4.98 Å². The molecule has 8 heteroatoms. The maximum absolute atomic E-state index is 12.3. The lowest BCUT2D eigenvalue weighted by atomic mass is 10.1. The second-order valence-electron chi connectivity index (χ2n) is 5.39. The van der Waals surface area contributed by atoms with E-state index in [-0.39, 0.29) is 12.3 Å². The lowest BCUT2D eigenvalue weighted by Crippen LogP contribution is -2.15. The third-order valence-electron chi connectivity index (χ3n) is 3.65. The number of aromatic nitrogens is 1. The predicted molar refractivity (Wildman–Crippen MR) is 105 cm³/mol. The number of nitrogens with zero attached hydrogens (tertiary/aromatic N) is 1. The molecule has 2 aromatic heterocycles. The molecule has 0 aliphatic heterocycles. The number of carbonyl (C=O) groups excluding carboxylic acids is 2. The molecule has 6 nitrogen and oxygen atoms in total. The highest BCUT2D eigenvalue weighted by atomic mass is 32.1. The average molecular weight is 387 g/mol. The van der Waals surface area contributed by atoms with Crippen molar-refractivity contribution < 1.29 is 14.3 Å². The Kier molecular flexibility index (Phi) is 5.65. The Morgan fingerprint density at radius 2 is 2.04 bits per heavy atom. The van der Waals surface area contributed by atoms with Gasteiger partial charge in [0.25, 0.3) is 0 Å². The number of carbonyl (C=O) groups is 2. The Labute approximate surface area is 158 Å². The van der Waals surface area contributed by atoms with Gasteiger partial charge >= 0.3 is 5.97 Å². The minimum atomic E-state index is -0.490. The Morgan fingerprint density at radius 1 is 1.23 bits per heavy atom. The van der Waals surface area contributed by atoms with Crippen LogP contribution in [0.15, 0.2) is 41.8 Å². The minimum Gasteiger partial charge on any atom is -0.465 e. The van der Waals surface area contributed by atoms with Gasteiger partial charge < -0.3 is 15.8 Å². The molecule has 26 heavy (non-hydrogen) atoms. The summed E-state index contributed by atoms with van der Waals surface area (Å²) in [4.78, 5) is 30.5. The van der Waals surface area contributed by atoms with E-state index in [9.17, 15) is 9.59 Å². The molecular formula is C18H17N3O3S2. The molecule has 3 N–H and O–H groups in total. The number of amides is 1. The molecule has 0 saturated carbocycles. The van der Waals surface area contributed by atoms with Crippen LogP contribution in [-0.4, -0.2) is 24.0 Å². The molecular weight excluding hydrogens is 370 g/mol. The number of thiophene rings is 1. The van der Waals surface area contributed by atoms with Crippen molar-refractivity contribution in [3.05, 3.63) is 52.2 Å². The lowest BCUT2D eigenvalue weighted by molar-refractivity contribution is -0.116. The molecule has 0 spiro atoms. The van der Waals surface area contributed by atoms with Crippen LogP contribution in [-0.2, 0) is 16.0 Å². The van der Waals surface area contributed by atoms with Gasteiger partial charge in [0, 0.05) is 11.3 Å². The van der Waals surface area contributed by atoms with Crippen molar-refractivity contribution in [3.63, 3.8) is 0 Å². The van der Waals surface area contributed by atoms with Gasteiger partial charge in [-0.05, 0) is 30.0 Å². The molecule has 0 saturated heterocycles. The Balaban J connectivity index is 1.69.